The molecule has 1 saturated heterocycles. The second-order valence-electron chi connectivity index (χ2n) is 7.45. The maximum absolute atomic E-state index is 12.3. The average molecular weight is 344 g/mol. The first-order valence-corrected chi connectivity index (χ1v) is 9.62. The number of ketones is 1. The Balaban J connectivity index is 1.72. The van der Waals surface area contributed by atoms with E-state index >= 15 is 0 Å². The number of hydrogen-bond acceptors (Lipinski definition) is 3. The van der Waals surface area contributed by atoms with E-state index in [2.05, 4.69) is 31.0 Å². The summed E-state index contributed by atoms with van der Waals surface area (Å²) >= 11 is 0. The van der Waals surface area contributed by atoms with Crippen LogP contribution in [0, 0.1) is 5.92 Å². The number of Topliss-reactive ketones (excluding diaryl/α,β-unsaturated/α-hetero) is 1. The Labute approximate surface area is 152 Å². The minimum Gasteiger partial charge on any atom is -0.355 e. The van der Waals surface area contributed by atoms with Gasteiger partial charge in [0.2, 0.25) is 5.91 Å². The van der Waals surface area contributed by atoms with Crippen LogP contribution in [0.15, 0.2) is 24.3 Å². The van der Waals surface area contributed by atoms with E-state index in [4.69, 9.17) is 0 Å². The van der Waals surface area contributed by atoms with Crippen LogP contribution in [0.25, 0.3) is 0 Å². The molecule has 0 spiro atoms. The highest BCUT2D eigenvalue weighted by Crippen LogP contribution is 2.16. The van der Waals surface area contributed by atoms with E-state index in [9.17, 15) is 9.59 Å². The van der Waals surface area contributed by atoms with Gasteiger partial charge in [0, 0.05) is 31.0 Å². The highest BCUT2D eigenvalue weighted by molar-refractivity contribution is 5.97. The molecule has 1 aromatic carbocycles. The predicted octanol–water partition coefficient (Wildman–Crippen LogP) is 3.45. The maximum atomic E-state index is 12.3. The quantitative estimate of drug-likeness (QED) is 0.698. The Morgan fingerprint density at radius 3 is 2.56 bits per heavy atom. The number of amides is 1. The third-order valence-electron chi connectivity index (χ3n) is 4.94. The molecule has 1 aliphatic heterocycles. The molecule has 1 N–H and O–H groups in total. The van der Waals surface area contributed by atoms with Crippen LogP contribution < -0.4 is 5.32 Å². The second-order valence-corrected chi connectivity index (χ2v) is 7.45. The third-order valence-corrected chi connectivity index (χ3v) is 4.94. The first-order valence-electron chi connectivity index (χ1n) is 9.62. The zero-order chi connectivity index (χ0) is 18.2. The molecule has 1 fully saturated rings. The van der Waals surface area contributed by atoms with Gasteiger partial charge in [-0.25, -0.2) is 0 Å². The van der Waals surface area contributed by atoms with Crippen LogP contribution in [0.5, 0.6) is 0 Å². The second kappa shape index (κ2) is 9.71. The predicted molar refractivity (Wildman–Crippen MR) is 102 cm³/mol. The topological polar surface area (TPSA) is 49.4 Å². The molecule has 25 heavy (non-hydrogen) atoms. The van der Waals surface area contributed by atoms with Crippen molar-refractivity contribution >= 4 is 11.7 Å². The zero-order valence-electron chi connectivity index (χ0n) is 15.9. The fourth-order valence-corrected chi connectivity index (χ4v) is 3.53. The molecule has 0 saturated carbocycles. The van der Waals surface area contributed by atoms with E-state index in [0.717, 1.165) is 25.9 Å². The molecule has 1 aromatic rings. The minimum atomic E-state index is -0.0206. The van der Waals surface area contributed by atoms with E-state index in [-0.39, 0.29) is 24.5 Å². The molecular weight excluding hydrogens is 312 g/mol. The summed E-state index contributed by atoms with van der Waals surface area (Å²) in [6, 6.07) is 8.27. The van der Waals surface area contributed by atoms with Crippen molar-refractivity contribution in [2.45, 2.75) is 58.9 Å². The van der Waals surface area contributed by atoms with Crippen molar-refractivity contribution in [3.63, 3.8) is 0 Å². The molecule has 0 aromatic heterocycles. The lowest BCUT2D eigenvalue weighted by Gasteiger charge is -2.22. The van der Waals surface area contributed by atoms with Crippen molar-refractivity contribution in [3.05, 3.63) is 35.4 Å². The number of carbonyl (C=O) groups is 2. The number of likely N-dealkylation sites (N-methyl/N-ethyl adjacent to an activating group) is 1. The number of nitrogens with one attached hydrogen (secondary N) is 1. The van der Waals surface area contributed by atoms with Gasteiger partial charge >= 0.3 is 0 Å². The van der Waals surface area contributed by atoms with E-state index in [1.54, 1.807) is 0 Å². The van der Waals surface area contributed by atoms with Gasteiger partial charge in [-0.05, 0) is 43.8 Å². The largest absolute Gasteiger partial charge is 0.355 e. The van der Waals surface area contributed by atoms with Gasteiger partial charge in [-0.15, -0.1) is 0 Å². The summed E-state index contributed by atoms with van der Waals surface area (Å²) in [4.78, 5) is 26.7. The molecule has 138 valence electrons. The highest BCUT2D eigenvalue weighted by Gasteiger charge is 2.23. The molecule has 4 heteroatoms. The Morgan fingerprint density at radius 1 is 1.20 bits per heavy atom. The summed E-state index contributed by atoms with van der Waals surface area (Å²) in [5, 5.41) is 2.99. The standard InChI is InChI=1S/C21H32N2O2/c1-4-23-13-5-6-19(23)15-22-21(25)12-11-20(24)18-9-7-17(8-10-18)14-16(2)3/h7-10,16,19H,4-6,11-15H2,1-3H3,(H,22,25). The van der Waals surface area contributed by atoms with Crippen molar-refractivity contribution in [1.82, 2.24) is 10.2 Å². The lowest BCUT2D eigenvalue weighted by Crippen LogP contribution is -2.40. The Bertz CT molecular complexity index is 566. The number of benzene rings is 1. The molecule has 1 amide bonds. The van der Waals surface area contributed by atoms with Gasteiger partial charge in [-0.3, -0.25) is 14.5 Å². The number of nitrogens with zero attached hydrogens (tertiary/aromatic N) is 1. The van der Waals surface area contributed by atoms with Crippen molar-refractivity contribution in [2.75, 3.05) is 19.6 Å². The average Bonchev–Trinajstić information content (AvgIpc) is 3.05. The van der Waals surface area contributed by atoms with Gasteiger partial charge < -0.3 is 5.32 Å². The molecule has 0 aliphatic carbocycles. The lowest BCUT2D eigenvalue weighted by molar-refractivity contribution is -0.121. The lowest BCUT2D eigenvalue weighted by atomic mass is 9.99. The summed E-state index contributed by atoms with van der Waals surface area (Å²) in [5.41, 5.74) is 1.95. The molecule has 0 radical (unpaired) electrons. The SMILES string of the molecule is CCN1CCCC1CNC(=O)CCC(=O)c1ccc(CC(C)C)cc1. The number of rotatable bonds is 9. The number of carbonyl (C=O) groups excluding carboxylic acids is 2. The summed E-state index contributed by atoms with van der Waals surface area (Å²) in [6.45, 7) is 9.39. The van der Waals surface area contributed by atoms with Crippen LogP contribution in [0.2, 0.25) is 0 Å². The summed E-state index contributed by atoms with van der Waals surface area (Å²) in [5.74, 6) is 0.628. The van der Waals surface area contributed by atoms with E-state index in [1.807, 2.05) is 24.3 Å². The molecule has 1 atom stereocenters. The minimum absolute atomic E-state index is 0.0206. The van der Waals surface area contributed by atoms with Crippen LogP contribution >= 0.6 is 0 Å². The Hall–Kier alpha value is -1.68. The molecule has 4 nitrogen and oxygen atoms in total. The number of hydrogen-bond donors (Lipinski definition) is 1. The summed E-state index contributed by atoms with van der Waals surface area (Å²) < 4.78 is 0. The molecule has 1 heterocycles. The van der Waals surface area contributed by atoms with Gasteiger partial charge in [-0.1, -0.05) is 45.0 Å². The smallest absolute Gasteiger partial charge is 0.220 e. The van der Waals surface area contributed by atoms with Gasteiger partial charge in [0.25, 0.3) is 0 Å². The Morgan fingerprint density at radius 2 is 1.92 bits per heavy atom. The molecule has 0 bridgehead atoms. The zero-order valence-corrected chi connectivity index (χ0v) is 15.9. The maximum Gasteiger partial charge on any atom is 0.220 e. The monoisotopic (exact) mass is 344 g/mol. The van der Waals surface area contributed by atoms with Gasteiger partial charge in [0.1, 0.15) is 0 Å². The van der Waals surface area contributed by atoms with Crippen LogP contribution in [-0.2, 0) is 11.2 Å². The number of likely N-dealkylation sites (tertiary alicyclic amines) is 1. The van der Waals surface area contributed by atoms with Gasteiger partial charge in [-0.2, -0.15) is 0 Å². The summed E-state index contributed by atoms with van der Waals surface area (Å²) in [6.07, 6.45) is 3.92. The highest BCUT2D eigenvalue weighted by atomic mass is 16.2. The van der Waals surface area contributed by atoms with Crippen molar-refractivity contribution in [3.8, 4) is 0 Å². The van der Waals surface area contributed by atoms with Crippen molar-refractivity contribution < 1.29 is 9.59 Å². The summed E-state index contributed by atoms with van der Waals surface area (Å²) in [7, 11) is 0. The molecular formula is C21H32N2O2. The van der Waals surface area contributed by atoms with E-state index < -0.39 is 0 Å². The fourth-order valence-electron chi connectivity index (χ4n) is 3.53. The first kappa shape index (κ1) is 19.6. The van der Waals surface area contributed by atoms with Crippen LogP contribution in [-0.4, -0.2) is 42.3 Å². The molecule has 2 rings (SSSR count). The van der Waals surface area contributed by atoms with Gasteiger partial charge in [0.15, 0.2) is 5.78 Å². The normalized spacial score (nSPS) is 17.8. The third kappa shape index (κ3) is 6.28. The molecule has 1 aliphatic rings. The van der Waals surface area contributed by atoms with Crippen LogP contribution in [0.3, 0.4) is 0 Å². The van der Waals surface area contributed by atoms with Gasteiger partial charge in [0.05, 0.1) is 0 Å². The molecule has 1 unspecified atom stereocenters. The Kier molecular flexibility index (Phi) is 7.63. The fraction of sp³-hybridized carbons (Fsp3) is 0.619. The van der Waals surface area contributed by atoms with E-state index in [0.29, 0.717) is 24.1 Å². The van der Waals surface area contributed by atoms with Crippen LogP contribution in [0.4, 0.5) is 0 Å². The van der Waals surface area contributed by atoms with Crippen LogP contribution in [0.1, 0.15) is 62.4 Å². The first-order chi connectivity index (χ1) is 12.0. The van der Waals surface area contributed by atoms with Crippen molar-refractivity contribution in [2.24, 2.45) is 5.92 Å². The van der Waals surface area contributed by atoms with Crippen molar-refractivity contribution in [1.29, 1.82) is 0 Å². The van der Waals surface area contributed by atoms with E-state index in [1.165, 1.54) is 12.0 Å².